The minimum absolute atomic E-state index is 0. The predicted octanol–water partition coefficient (Wildman–Crippen LogP) is 4.81. The van der Waals surface area contributed by atoms with Crippen LogP contribution in [0.1, 0.15) is 0 Å². The first-order valence-electron chi connectivity index (χ1n) is 21.2. The van der Waals surface area contributed by atoms with Crippen molar-refractivity contribution in [3.8, 4) is 5.75 Å². The minimum Gasteiger partial charge on any atom is -0.505 e. The van der Waals surface area contributed by atoms with Crippen molar-refractivity contribution in [2.75, 3.05) is 27.0 Å². The van der Waals surface area contributed by atoms with E-state index in [4.69, 9.17) is 28.9 Å². The molecule has 13 N–H and O–H groups in total. The molecule has 6 radical (unpaired) electrons. The van der Waals surface area contributed by atoms with Crippen LogP contribution in [0.3, 0.4) is 0 Å². The first-order valence-corrected chi connectivity index (χ1v) is 30.6. The Hall–Kier alpha value is -2.36. The van der Waals surface area contributed by atoms with Crippen LogP contribution >= 0.6 is 23.2 Å². The number of nitrogens with zero attached hydrogens (tertiary/aromatic N) is 10. The molecule has 34 nitrogen and oxygen atoms in total. The second-order valence-electron chi connectivity index (χ2n) is 16.0. The summed E-state index contributed by atoms with van der Waals surface area (Å²) in [7, 11) is -30.9. The number of nitrogen functional groups attached to an aromatic ring is 1. The van der Waals surface area contributed by atoms with Gasteiger partial charge in [-0.2, -0.15) is 80.4 Å². The standard InChI is InChI=1S/C40H29Cl2N15O19S6.6Na/c41-35-48-37(44-18-3-1-5-22(13-18)77(59,60)61)52-39(50-35)46-20-7-9-24(26(15-20)79(65,66)67)54-56-32-28(81(71,72)73)11-17-12-29(82(74,75)76)33(34(58)30(17)31(32)43)57-55-25-10-8-21(16-27(25)80(68,69)70)47-40-51-36(42)49-38(53-40)45-19-4-2-6-23(14-19)78(62,63)64;;;;;;/h1-16,58H,43H2,(H,59,60,61)(H,62,63,64)(H,65,66,67)(H,68,69,70)(H,71,72,73)(H,74,75,76)(H2,44,46,48,50,52)(H2,45,47,49,51,53);;;;;;. The summed E-state index contributed by atoms with van der Waals surface area (Å²) in [6, 6.07) is 15.9. The third-order valence-corrected chi connectivity index (χ3v) is 15.9. The summed E-state index contributed by atoms with van der Waals surface area (Å²) in [5, 5.41) is 34.3. The average molecular weight is 1430 g/mol. The zero-order valence-electron chi connectivity index (χ0n) is 45.5. The third-order valence-electron chi connectivity index (χ3n) is 10.4. The van der Waals surface area contributed by atoms with Gasteiger partial charge < -0.3 is 32.1 Å². The fourth-order valence-corrected chi connectivity index (χ4v) is 11.0. The van der Waals surface area contributed by atoms with E-state index in [0.717, 1.165) is 60.7 Å². The van der Waals surface area contributed by atoms with Gasteiger partial charge in [-0.15, -0.1) is 20.5 Å². The van der Waals surface area contributed by atoms with Gasteiger partial charge in [0.15, 0.2) is 5.75 Å². The number of benzene rings is 6. The maximum Gasteiger partial charge on any atom is 0.296 e. The molecule has 2 heterocycles. The number of nitrogens with one attached hydrogen (secondary N) is 4. The molecule has 8 rings (SSSR count). The Labute approximate surface area is 640 Å². The zero-order valence-corrected chi connectivity index (χ0v) is 63.9. The van der Waals surface area contributed by atoms with Gasteiger partial charge in [-0.1, -0.05) is 12.1 Å². The summed E-state index contributed by atoms with van der Waals surface area (Å²) < 4.78 is 208. The Kier molecular flexibility index (Phi) is 29.9. The molecule has 0 saturated carbocycles. The number of aromatic hydroxyl groups is 1. The van der Waals surface area contributed by atoms with Crippen molar-refractivity contribution in [2.24, 2.45) is 20.5 Å². The molecular formula is C40H29Cl2N15Na6O19S6. The van der Waals surface area contributed by atoms with E-state index in [0.29, 0.717) is 12.1 Å². The largest absolute Gasteiger partial charge is 0.505 e. The van der Waals surface area contributed by atoms with Gasteiger partial charge in [0.25, 0.3) is 60.7 Å². The molecule has 0 bridgehead atoms. The van der Waals surface area contributed by atoms with Gasteiger partial charge in [-0.05, 0) is 114 Å². The van der Waals surface area contributed by atoms with Crippen molar-refractivity contribution in [2.45, 2.75) is 29.4 Å². The van der Waals surface area contributed by atoms with E-state index in [2.05, 4.69) is 71.6 Å². The molecule has 88 heavy (non-hydrogen) atoms. The summed E-state index contributed by atoms with van der Waals surface area (Å²) in [4.78, 5) is 17.8. The van der Waals surface area contributed by atoms with Gasteiger partial charge >= 0.3 is 0 Å². The monoisotopic (exact) mass is 1420 g/mol. The third kappa shape index (κ3) is 20.8. The van der Waals surface area contributed by atoms with Gasteiger partial charge in [0.2, 0.25) is 34.4 Å². The number of aromatic nitrogens is 6. The van der Waals surface area contributed by atoms with Gasteiger partial charge in [-0.3, -0.25) is 27.3 Å². The summed E-state index contributed by atoms with van der Waals surface area (Å²) >= 11 is 12.1. The summed E-state index contributed by atoms with van der Waals surface area (Å²) in [5.41, 5.74) is 1.13. The van der Waals surface area contributed by atoms with Crippen LogP contribution in [0.25, 0.3) is 10.8 Å². The van der Waals surface area contributed by atoms with Gasteiger partial charge in [0.05, 0.1) is 20.9 Å². The molecule has 0 fully saturated rings. The van der Waals surface area contributed by atoms with Gasteiger partial charge in [-0.25, -0.2) is 0 Å². The number of anilines is 9. The fraction of sp³-hybridized carbons (Fsp3) is 0. The topological polar surface area (TPSA) is 547 Å². The van der Waals surface area contributed by atoms with E-state index < -0.39 is 146 Å². The zero-order chi connectivity index (χ0) is 60.1. The van der Waals surface area contributed by atoms with Crippen LogP contribution in [0.15, 0.2) is 147 Å². The maximum absolute atomic E-state index is 12.8. The molecule has 0 aliphatic heterocycles. The molecule has 0 unspecified atom stereocenters. The number of fused-ring (bicyclic) bond motifs is 1. The van der Waals surface area contributed by atoms with Crippen LogP contribution in [0.5, 0.6) is 5.75 Å². The summed E-state index contributed by atoms with van der Waals surface area (Å²) in [6.45, 7) is 0. The van der Waals surface area contributed by atoms with Crippen molar-refractivity contribution in [3.05, 3.63) is 108 Å². The van der Waals surface area contributed by atoms with Crippen LogP contribution in [-0.2, 0) is 60.7 Å². The van der Waals surface area contributed by atoms with E-state index in [9.17, 15) is 82.9 Å². The van der Waals surface area contributed by atoms with Crippen LogP contribution in [0.4, 0.5) is 75.0 Å². The molecule has 2 aromatic heterocycles. The van der Waals surface area contributed by atoms with Crippen molar-refractivity contribution in [3.63, 3.8) is 0 Å². The first kappa shape index (κ1) is 81.7. The Balaban J connectivity index is 0.00000440. The predicted molar refractivity (Wildman–Crippen MR) is 320 cm³/mol. The van der Waals surface area contributed by atoms with Crippen molar-refractivity contribution in [1.82, 2.24) is 29.9 Å². The Morgan fingerprint density at radius 1 is 0.386 bits per heavy atom. The minimum atomic E-state index is -5.54. The normalized spacial score (nSPS) is 11.9. The fourth-order valence-electron chi connectivity index (χ4n) is 6.98. The number of hydrogen-bond donors (Lipinski definition) is 12. The molecule has 48 heteroatoms. The Morgan fingerprint density at radius 2 is 0.705 bits per heavy atom. The van der Waals surface area contributed by atoms with E-state index in [1.165, 1.54) is 24.3 Å². The maximum atomic E-state index is 12.8. The van der Waals surface area contributed by atoms with E-state index in [-0.39, 0.29) is 224 Å². The molecule has 6 aromatic carbocycles. The smallest absolute Gasteiger partial charge is 0.296 e. The van der Waals surface area contributed by atoms with Crippen LogP contribution < -0.4 is 27.0 Å². The number of azo groups is 2. The molecule has 0 atom stereocenters. The van der Waals surface area contributed by atoms with Crippen molar-refractivity contribution >= 4 is 347 Å². The van der Waals surface area contributed by atoms with Gasteiger partial charge in [0.1, 0.15) is 42.3 Å². The second-order valence-corrected chi connectivity index (χ2v) is 25.1. The molecule has 0 aliphatic carbocycles. The number of phenolic OH excluding ortho intramolecular Hbond substituents is 1. The Morgan fingerprint density at radius 3 is 1.03 bits per heavy atom. The van der Waals surface area contributed by atoms with Crippen molar-refractivity contribution < 1.29 is 82.9 Å². The molecule has 8 aromatic rings. The number of hydrogen-bond acceptors (Lipinski definition) is 28. The van der Waals surface area contributed by atoms with Crippen LogP contribution in [0.2, 0.25) is 10.6 Å². The first-order chi connectivity index (χ1) is 38.0. The van der Waals surface area contributed by atoms with E-state index in [1.54, 1.807) is 0 Å². The summed E-state index contributed by atoms with van der Waals surface area (Å²) in [5.74, 6) is -2.72. The number of nitrogens with two attached hydrogens (primary N) is 1. The molecule has 0 aliphatic rings. The molecule has 434 valence electrons. The number of phenols is 1. The average Bonchev–Trinajstić information content (AvgIpc) is 3.53. The molecule has 0 spiro atoms. The quantitative estimate of drug-likeness (QED) is 0.0237. The van der Waals surface area contributed by atoms with E-state index in [1.807, 2.05) is 0 Å². The Bertz CT molecular complexity index is 4520. The SMILES string of the molecule is Nc1c(N=Nc2ccc(Nc3nc(Cl)nc(Nc4cccc(S(=O)(=O)O)c4)n3)cc2S(=O)(=O)O)c(S(=O)(=O)O)cc2cc(S(=O)(=O)O)c(N=Nc3ccc(Nc4nc(Cl)nc(Nc5cccc(S(=O)(=O)O)c5)n4)cc3S(=O)(=O)O)c(O)c12.[Na].[Na].[Na].[Na].[Na].[Na]. The summed E-state index contributed by atoms with van der Waals surface area (Å²) in [6.07, 6.45) is 0. The van der Waals surface area contributed by atoms with Crippen LogP contribution in [-0.4, -0.2) is 290 Å². The van der Waals surface area contributed by atoms with Crippen molar-refractivity contribution in [1.29, 1.82) is 0 Å². The number of rotatable bonds is 18. The molecular weight excluding hydrogens is 1400 g/mol. The number of halogens is 2. The molecule has 0 amide bonds. The van der Waals surface area contributed by atoms with E-state index >= 15 is 0 Å². The second kappa shape index (κ2) is 32.2. The molecule has 0 saturated heterocycles. The van der Waals surface area contributed by atoms with Gasteiger partial charge in [0, 0.05) is 200 Å². The van der Waals surface area contributed by atoms with Crippen LogP contribution in [0, 0.1) is 0 Å².